The van der Waals surface area contributed by atoms with Gasteiger partial charge in [0.25, 0.3) is 0 Å². The maximum atomic E-state index is 6.17. The number of nitrogens with one attached hydrogen (secondary N) is 2. The number of ether oxygens (including phenoxy) is 3. The molecule has 1 aliphatic heterocycles. The first kappa shape index (κ1) is 22.9. The van der Waals surface area contributed by atoms with E-state index < -0.39 is 0 Å². The summed E-state index contributed by atoms with van der Waals surface area (Å²) in [5, 5.41) is 6.93. The molecular weight excluding hydrogens is 378 g/mol. The van der Waals surface area contributed by atoms with Crippen LogP contribution in [0.5, 0.6) is 5.75 Å². The number of hydrogen-bond donors (Lipinski definition) is 2. The SMILES string of the molecule is CCNC(=NCc1ccc(C)cc1OCC1CCOC1)NCC1(CCOCC)CC1. The molecule has 6 heteroatoms. The second-order valence-electron chi connectivity index (χ2n) is 8.65. The summed E-state index contributed by atoms with van der Waals surface area (Å²) in [5.74, 6) is 2.31. The predicted molar refractivity (Wildman–Crippen MR) is 121 cm³/mol. The van der Waals surface area contributed by atoms with Gasteiger partial charge in [-0.25, -0.2) is 4.99 Å². The number of aliphatic imine (C=N–C) groups is 1. The molecule has 3 rings (SSSR count). The van der Waals surface area contributed by atoms with E-state index >= 15 is 0 Å². The van der Waals surface area contributed by atoms with Crippen molar-refractivity contribution in [1.29, 1.82) is 0 Å². The lowest BCUT2D eigenvalue weighted by Gasteiger charge is -2.19. The maximum Gasteiger partial charge on any atom is 0.191 e. The lowest BCUT2D eigenvalue weighted by Crippen LogP contribution is -2.40. The molecule has 0 bridgehead atoms. The fourth-order valence-corrected chi connectivity index (χ4v) is 3.75. The average Bonchev–Trinajstić information content (AvgIpc) is 3.31. The molecule has 1 aliphatic carbocycles. The Balaban J connectivity index is 1.57. The zero-order valence-corrected chi connectivity index (χ0v) is 19.0. The summed E-state index contributed by atoms with van der Waals surface area (Å²) in [5.41, 5.74) is 2.71. The van der Waals surface area contributed by atoms with E-state index in [9.17, 15) is 0 Å². The summed E-state index contributed by atoms with van der Waals surface area (Å²) in [6.45, 7) is 12.6. The van der Waals surface area contributed by atoms with Gasteiger partial charge in [0.2, 0.25) is 0 Å². The molecule has 2 N–H and O–H groups in total. The van der Waals surface area contributed by atoms with Crippen molar-refractivity contribution in [3.8, 4) is 5.75 Å². The highest BCUT2D eigenvalue weighted by Gasteiger charge is 2.41. The second-order valence-corrected chi connectivity index (χ2v) is 8.65. The molecule has 0 amide bonds. The molecular formula is C24H39N3O3. The molecule has 1 atom stereocenters. The van der Waals surface area contributed by atoms with Crippen LogP contribution in [0.3, 0.4) is 0 Å². The molecule has 1 heterocycles. The van der Waals surface area contributed by atoms with Crippen LogP contribution in [-0.2, 0) is 16.0 Å². The van der Waals surface area contributed by atoms with Crippen LogP contribution >= 0.6 is 0 Å². The minimum absolute atomic E-state index is 0.382. The van der Waals surface area contributed by atoms with Crippen molar-refractivity contribution in [2.45, 2.75) is 53.0 Å². The van der Waals surface area contributed by atoms with Crippen LogP contribution in [-0.4, -0.2) is 52.1 Å². The van der Waals surface area contributed by atoms with Gasteiger partial charge in [0, 0.05) is 44.4 Å². The van der Waals surface area contributed by atoms with Crippen LogP contribution in [0, 0.1) is 18.3 Å². The monoisotopic (exact) mass is 417 g/mol. The Morgan fingerprint density at radius 1 is 1.27 bits per heavy atom. The van der Waals surface area contributed by atoms with Gasteiger partial charge in [0.05, 0.1) is 19.8 Å². The van der Waals surface area contributed by atoms with E-state index in [4.69, 9.17) is 19.2 Å². The summed E-state index contributed by atoms with van der Waals surface area (Å²) < 4.78 is 17.2. The third-order valence-corrected chi connectivity index (χ3v) is 6.04. The fourth-order valence-electron chi connectivity index (χ4n) is 3.75. The summed E-state index contributed by atoms with van der Waals surface area (Å²) in [4.78, 5) is 4.84. The van der Waals surface area contributed by atoms with E-state index in [1.165, 1.54) is 18.4 Å². The van der Waals surface area contributed by atoms with Crippen LogP contribution in [0.2, 0.25) is 0 Å². The molecule has 1 aromatic rings. The minimum atomic E-state index is 0.382. The van der Waals surface area contributed by atoms with Crippen molar-refractivity contribution in [2.75, 3.05) is 46.1 Å². The Morgan fingerprint density at radius 2 is 2.13 bits per heavy atom. The first-order valence-corrected chi connectivity index (χ1v) is 11.5. The van der Waals surface area contributed by atoms with Crippen molar-refractivity contribution < 1.29 is 14.2 Å². The van der Waals surface area contributed by atoms with E-state index in [0.717, 1.165) is 69.6 Å². The molecule has 2 aliphatic rings. The van der Waals surface area contributed by atoms with Crippen LogP contribution in [0.1, 0.15) is 50.7 Å². The lowest BCUT2D eigenvalue weighted by molar-refractivity contribution is 0.128. The van der Waals surface area contributed by atoms with Gasteiger partial charge in [-0.15, -0.1) is 0 Å². The molecule has 1 saturated carbocycles. The number of benzene rings is 1. The Labute approximate surface area is 181 Å². The van der Waals surface area contributed by atoms with Gasteiger partial charge >= 0.3 is 0 Å². The third kappa shape index (κ3) is 7.17. The first-order chi connectivity index (χ1) is 14.6. The van der Waals surface area contributed by atoms with Gasteiger partial charge in [0.15, 0.2) is 5.96 Å². The quantitative estimate of drug-likeness (QED) is 0.309. The van der Waals surface area contributed by atoms with Crippen molar-refractivity contribution in [3.05, 3.63) is 29.3 Å². The van der Waals surface area contributed by atoms with Crippen LogP contribution in [0.25, 0.3) is 0 Å². The molecule has 1 saturated heterocycles. The van der Waals surface area contributed by atoms with Crippen LogP contribution < -0.4 is 15.4 Å². The highest BCUT2D eigenvalue weighted by molar-refractivity contribution is 5.79. The standard InChI is InChI=1S/C24H39N3O3/c1-4-25-23(27-18-24(9-10-24)11-13-28-5-2)26-15-21-7-6-19(3)14-22(21)30-17-20-8-12-29-16-20/h6-7,14,20H,4-5,8-13,15-18H2,1-3H3,(H2,25,26,27). The Hall–Kier alpha value is -1.79. The van der Waals surface area contributed by atoms with Crippen LogP contribution in [0.4, 0.5) is 0 Å². The number of hydrogen-bond acceptors (Lipinski definition) is 4. The average molecular weight is 418 g/mol. The molecule has 1 aromatic carbocycles. The smallest absolute Gasteiger partial charge is 0.191 e. The van der Waals surface area contributed by atoms with Crippen molar-refractivity contribution >= 4 is 5.96 Å². The third-order valence-electron chi connectivity index (χ3n) is 6.04. The van der Waals surface area contributed by atoms with Gasteiger partial charge < -0.3 is 24.8 Å². The number of nitrogens with zero attached hydrogens (tertiary/aromatic N) is 1. The van der Waals surface area contributed by atoms with Gasteiger partial charge in [-0.2, -0.15) is 0 Å². The highest BCUT2D eigenvalue weighted by Crippen LogP contribution is 2.48. The van der Waals surface area contributed by atoms with E-state index in [2.05, 4.69) is 49.6 Å². The number of rotatable bonds is 12. The molecule has 0 aromatic heterocycles. The molecule has 2 fully saturated rings. The minimum Gasteiger partial charge on any atom is -0.493 e. The molecule has 6 nitrogen and oxygen atoms in total. The van der Waals surface area contributed by atoms with E-state index in [1.54, 1.807) is 0 Å². The molecule has 1 unspecified atom stereocenters. The molecule has 0 radical (unpaired) electrons. The van der Waals surface area contributed by atoms with Crippen molar-refractivity contribution in [3.63, 3.8) is 0 Å². The van der Waals surface area contributed by atoms with Gasteiger partial charge in [0.1, 0.15) is 5.75 Å². The predicted octanol–water partition coefficient (Wildman–Crippen LogP) is 3.67. The van der Waals surface area contributed by atoms with Crippen molar-refractivity contribution in [1.82, 2.24) is 10.6 Å². The van der Waals surface area contributed by atoms with Gasteiger partial charge in [-0.3, -0.25) is 0 Å². The second kappa shape index (κ2) is 11.6. The zero-order chi connectivity index (χ0) is 21.2. The summed E-state index contributed by atoms with van der Waals surface area (Å²) in [6.07, 6.45) is 4.74. The molecule has 0 spiro atoms. The van der Waals surface area contributed by atoms with E-state index in [-0.39, 0.29) is 0 Å². The Morgan fingerprint density at radius 3 is 2.83 bits per heavy atom. The maximum absolute atomic E-state index is 6.17. The number of guanidine groups is 1. The topological polar surface area (TPSA) is 64.1 Å². The molecule has 30 heavy (non-hydrogen) atoms. The van der Waals surface area contributed by atoms with Gasteiger partial charge in [-0.05, 0) is 63.5 Å². The van der Waals surface area contributed by atoms with Crippen LogP contribution in [0.15, 0.2) is 23.2 Å². The normalized spacial score (nSPS) is 20.2. The summed E-state index contributed by atoms with van der Waals surface area (Å²) in [7, 11) is 0. The molecule has 168 valence electrons. The summed E-state index contributed by atoms with van der Waals surface area (Å²) in [6, 6.07) is 6.38. The zero-order valence-electron chi connectivity index (χ0n) is 19.0. The van der Waals surface area contributed by atoms with Crippen molar-refractivity contribution in [2.24, 2.45) is 16.3 Å². The fraction of sp³-hybridized carbons (Fsp3) is 0.708. The summed E-state index contributed by atoms with van der Waals surface area (Å²) >= 11 is 0. The first-order valence-electron chi connectivity index (χ1n) is 11.5. The van der Waals surface area contributed by atoms with Gasteiger partial charge in [-0.1, -0.05) is 12.1 Å². The Bertz CT molecular complexity index is 682. The van der Waals surface area contributed by atoms with E-state index in [0.29, 0.717) is 24.5 Å². The number of aryl methyl sites for hydroxylation is 1. The highest BCUT2D eigenvalue weighted by atomic mass is 16.5. The Kier molecular flexibility index (Phi) is 8.82. The van der Waals surface area contributed by atoms with E-state index in [1.807, 2.05) is 0 Å². The lowest BCUT2D eigenvalue weighted by atomic mass is 10.0. The largest absolute Gasteiger partial charge is 0.493 e.